The zero-order valence-corrected chi connectivity index (χ0v) is 31.2. The summed E-state index contributed by atoms with van der Waals surface area (Å²) in [5.74, 6) is -1.67. The van der Waals surface area contributed by atoms with Crippen LogP contribution in [0.5, 0.6) is 0 Å². The molecule has 272 valence electrons. The van der Waals surface area contributed by atoms with Crippen molar-refractivity contribution >= 4 is 74.5 Å². The van der Waals surface area contributed by atoms with E-state index < -0.39 is 23.0 Å². The number of aryl methyl sites for hydroxylation is 1. The van der Waals surface area contributed by atoms with Gasteiger partial charge in [-0.05, 0) is 79.3 Å². The van der Waals surface area contributed by atoms with Crippen LogP contribution in [0.3, 0.4) is 0 Å². The number of rotatable bonds is 11. The summed E-state index contributed by atoms with van der Waals surface area (Å²) in [7, 11) is 1.36. The molecule has 0 bridgehead atoms. The highest BCUT2D eigenvalue weighted by Crippen LogP contribution is 2.41. The number of amides is 3. The van der Waals surface area contributed by atoms with E-state index in [4.69, 9.17) is 4.74 Å². The van der Waals surface area contributed by atoms with E-state index in [1.807, 2.05) is 66.7 Å². The summed E-state index contributed by atoms with van der Waals surface area (Å²) in [6.45, 7) is 0. The second-order valence-electron chi connectivity index (χ2n) is 12.8. The number of esters is 1. The number of methoxy groups -OCH3 is 1. The van der Waals surface area contributed by atoms with E-state index in [0.717, 1.165) is 69.5 Å². The predicted molar refractivity (Wildman–Crippen MR) is 216 cm³/mol. The molecular weight excluding hydrogens is 717 g/mol. The first-order valence-electron chi connectivity index (χ1n) is 17.7. The van der Waals surface area contributed by atoms with Crippen LogP contribution in [-0.2, 0) is 27.2 Å². The molecule has 0 spiro atoms. The van der Waals surface area contributed by atoms with E-state index in [1.165, 1.54) is 30.2 Å². The van der Waals surface area contributed by atoms with Gasteiger partial charge in [-0.25, -0.2) is 4.79 Å². The molecule has 1 aliphatic rings. The van der Waals surface area contributed by atoms with E-state index in [-0.39, 0.29) is 11.6 Å². The largest absolute Gasteiger partial charge is 0.465 e. The van der Waals surface area contributed by atoms with Crippen LogP contribution in [0, 0.1) is 0 Å². The van der Waals surface area contributed by atoms with Gasteiger partial charge in [0.2, 0.25) is 5.91 Å². The topological polar surface area (TPSA) is 129 Å². The predicted octanol–water partition coefficient (Wildman–Crippen LogP) is 9.17. The monoisotopic (exact) mass is 754 g/mol. The van der Waals surface area contributed by atoms with E-state index in [9.17, 15) is 19.2 Å². The number of para-hydroxylation sites is 1. The molecule has 0 saturated carbocycles. The number of anilines is 2. The van der Waals surface area contributed by atoms with E-state index in [0.29, 0.717) is 21.8 Å². The Morgan fingerprint density at radius 1 is 0.833 bits per heavy atom. The molecule has 6 aromatic rings. The zero-order valence-electron chi connectivity index (χ0n) is 29.5. The molecule has 1 aliphatic carbocycles. The maximum Gasteiger partial charge on any atom is 0.341 e. The fourth-order valence-electron chi connectivity index (χ4n) is 6.52. The molecule has 0 aliphatic heterocycles. The van der Waals surface area contributed by atoms with Crippen LogP contribution in [0.15, 0.2) is 126 Å². The van der Waals surface area contributed by atoms with Gasteiger partial charge >= 0.3 is 5.97 Å². The lowest BCUT2D eigenvalue weighted by Gasteiger charge is -2.18. The second kappa shape index (κ2) is 16.8. The first-order chi connectivity index (χ1) is 26.4. The molecule has 2 heterocycles. The molecule has 11 heteroatoms. The van der Waals surface area contributed by atoms with Crippen LogP contribution < -0.4 is 16.0 Å². The third kappa shape index (κ3) is 8.33. The van der Waals surface area contributed by atoms with Crippen LogP contribution in [0.2, 0.25) is 0 Å². The van der Waals surface area contributed by atoms with E-state index in [1.54, 1.807) is 54.7 Å². The maximum atomic E-state index is 14.2. The van der Waals surface area contributed by atoms with Crippen LogP contribution in [-0.4, -0.2) is 35.8 Å². The van der Waals surface area contributed by atoms with Gasteiger partial charge in [0.15, 0.2) is 0 Å². The molecule has 54 heavy (non-hydrogen) atoms. The molecule has 4 N–H and O–H groups in total. The van der Waals surface area contributed by atoms with Crippen molar-refractivity contribution in [1.82, 2.24) is 10.3 Å². The molecule has 4 aromatic carbocycles. The Balaban J connectivity index is 1.15. The summed E-state index contributed by atoms with van der Waals surface area (Å²) in [4.78, 5) is 59.4. The number of hydrogen-bond donors (Lipinski definition) is 4. The van der Waals surface area contributed by atoms with Gasteiger partial charge in [-0.15, -0.1) is 23.1 Å². The summed E-state index contributed by atoms with van der Waals surface area (Å²) in [6, 6.07) is 33.1. The Bertz CT molecular complexity index is 2350. The quantitative estimate of drug-likeness (QED) is 0.0452. The maximum absolute atomic E-state index is 14.2. The Kier molecular flexibility index (Phi) is 11.4. The number of aromatic nitrogens is 1. The number of benzene rings is 4. The summed E-state index contributed by atoms with van der Waals surface area (Å²) >= 11 is 2.78. The van der Waals surface area contributed by atoms with Gasteiger partial charge in [0, 0.05) is 43.7 Å². The molecule has 0 saturated heterocycles. The third-order valence-electron chi connectivity index (χ3n) is 9.18. The standard InChI is InChI=1S/C43H38N4O5S2/c1-52-43(51)37-33-21-9-4-10-23-36(33)54-42(37)47-41(50)38(27-14-5-2-6-15-27)53-31-19-13-18-30(25-31)45-40(49)35(46-39(48)28-16-7-3-8-17-28)24-29-26-44-34-22-12-11-20-32(29)34/h2-3,5-8,11-20,22,24-26,38,44H,4,9-10,21,23H2,1H3,(H,45,49)(H,46,48)(H,47,50)/b35-24-. The number of ether oxygens (including phenoxy) is 1. The fraction of sp³-hybridized carbons (Fsp3) is 0.163. The SMILES string of the molecule is COC(=O)c1c(NC(=O)C(Sc2cccc(NC(=O)/C(=C/c3c[nH]c4ccccc34)NC(=O)c3ccccc3)c2)c2ccccc2)sc2c1CCCCC2. The van der Waals surface area contributed by atoms with Crippen LogP contribution >= 0.6 is 23.1 Å². The smallest absolute Gasteiger partial charge is 0.341 e. The number of thioether (sulfide) groups is 1. The average molecular weight is 755 g/mol. The fourth-order valence-corrected chi connectivity index (χ4v) is 8.88. The molecule has 1 unspecified atom stereocenters. The minimum absolute atomic E-state index is 0.0592. The first kappa shape index (κ1) is 36.4. The van der Waals surface area contributed by atoms with E-state index in [2.05, 4.69) is 20.9 Å². The number of nitrogens with one attached hydrogen (secondary N) is 4. The molecule has 3 amide bonds. The van der Waals surface area contributed by atoms with Crippen molar-refractivity contribution < 1.29 is 23.9 Å². The molecule has 7 rings (SSSR count). The average Bonchev–Trinajstić information content (AvgIpc) is 3.68. The first-order valence-corrected chi connectivity index (χ1v) is 19.4. The summed E-state index contributed by atoms with van der Waals surface area (Å²) < 4.78 is 5.17. The Morgan fingerprint density at radius 2 is 1.57 bits per heavy atom. The van der Waals surface area contributed by atoms with Gasteiger partial charge in [0.05, 0.1) is 12.7 Å². The lowest BCUT2D eigenvalue weighted by atomic mass is 10.1. The van der Waals surface area contributed by atoms with Crippen molar-refractivity contribution in [2.75, 3.05) is 17.7 Å². The third-order valence-corrected chi connectivity index (χ3v) is 11.6. The normalized spacial score (nSPS) is 13.3. The number of fused-ring (bicyclic) bond motifs is 2. The lowest BCUT2D eigenvalue weighted by molar-refractivity contribution is -0.116. The van der Waals surface area contributed by atoms with Crippen LogP contribution in [0.1, 0.15) is 66.8 Å². The van der Waals surface area contributed by atoms with Crippen molar-refractivity contribution in [3.8, 4) is 0 Å². The Labute approximate surface area is 321 Å². The van der Waals surface area contributed by atoms with Gasteiger partial charge in [-0.3, -0.25) is 14.4 Å². The van der Waals surface area contributed by atoms with Crippen LogP contribution in [0.25, 0.3) is 17.0 Å². The minimum atomic E-state index is -0.688. The molecule has 9 nitrogen and oxygen atoms in total. The lowest BCUT2D eigenvalue weighted by Crippen LogP contribution is -2.30. The molecular formula is C43H38N4O5S2. The van der Waals surface area contributed by atoms with Crippen molar-refractivity contribution in [2.24, 2.45) is 0 Å². The number of thiophene rings is 1. The van der Waals surface area contributed by atoms with Crippen molar-refractivity contribution in [2.45, 2.75) is 42.2 Å². The van der Waals surface area contributed by atoms with Crippen molar-refractivity contribution in [3.63, 3.8) is 0 Å². The summed E-state index contributed by atoms with van der Waals surface area (Å²) in [6.07, 6.45) is 8.20. The van der Waals surface area contributed by atoms with Crippen molar-refractivity contribution in [3.05, 3.63) is 154 Å². The molecule has 0 radical (unpaired) electrons. The van der Waals surface area contributed by atoms with Gasteiger partial charge in [-0.2, -0.15) is 0 Å². The van der Waals surface area contributed by atoms with Gasteiger partial charge in [0.25, 0.3) is 11.8 Å². The number of carbonyl (C=O) groups is 4. The van der Waals surface area contributed by atoms with Crippen molar-refractivity contribution in [1.29, 1.82) is 0 Å². The number of hydrogen-bond acceptors (Lipinski definition) is 7. The summed E-state index contributed by atoms with van der Waals surface area (Å²) in [5.41, 5.74) is 4.79. The molecule has 0 fully saturated rings. The molecule has 2 aromatic heterocycles. The minimum Gasteiger partial charge on any atom is -0.465 e. The Hall–Kier alpha value is -5.91. The van der Waals surface area contributed by atoms with Crippen LogP contribution in [0.4, 0.5) is 10.7 Å². The zero-order chi connectivity index (χ0) is 37.4. The number of carbonyl (C=O) groups excluding carboxylic acids is 4. The van der Waals surface area contributed by atoms with Gasteiger partial charge in [-0.1, -0.05) is 79.2 Å². The van der Waals surface area contributed by atoms with Gasteiger partial charge in [0.1, 0.15) is 15.9 Å². The number of H-pyrrole nitrogens is 1. The van der Waals surface area contributed by atoms with Gasteiger partial charge < -0.3 is 25.7 Å². The number of aromatic amines is 1. The highest BCUT2D eigenvalue weighted by molar-refractivity contribution is 8.00. The Morgan fingerprint density at radius 3 is 2.37 bits per heavy atom. The van der Waals surface area contributed by atoms with E-state index >= 15 is 0 Å². The highest BCUT2D eigenvalue weighted by atomic mass is 32.2. The second-order valence-corrected chi connectivity index (χ2v) is 15.1. The molecule has 1 atom stereocenters. The summed E-state index contributed by atoms with van der Waals surface area (Å²) in [5, 5.41) is 9.56. The highest BCUT2D eigenvalue weighted by Gasteiger charge is 2.29.